The van der Waals surface area contributed by atoms with Gasteiger partial charge in [-0.3, -0.25) is 4.79 Å². The number of piperidine rings is 1. The Labute approximate surface area is 142 Å². The SMILES string of the molecule is O=C([C@H]1CCCN1S(=O)(=O)c1ccc(Cl)cc1)N1CCCCC1. The van der Waals surface area contributed by atoms with Crippen LogP contribution in [0.2, 0.25) is 5.02 Å². The standard InChI is InChI=1S/C16H21ClN2O3S/c17-13-6-8-14(9-7-13)23(21,22)19-12-4-5-15(19)16(20)18-10-2-1-3-11-18/h6-9,15H,1-5,10-12H2/t15-/m1/s1. The molecule has 0 spiro atoms. The molecule has 1 aromatic carbocycles. The molecule has 0 unspecified atom stereocenters. The highest BCUT2D eigenvalue weighted by molar-refractivity contribution is 7.89. The summed E-state index contributed by atoms with van der Waals surface area (Å²) in [5.41, 5.74) is 0. The molecule has 2 saturated heterocycles. The van der Waals surface area contributed by atoms with Crippen LogP contribution in [0.1, 0.15) is 32.1 Å². The second-order valence-corrected chi connectivity index (χ2v) is 8.44. The lowest BCUT2D eigenvalue weighted by atomic mass is 10.1. The van der Waals surface area contributed by atoms with Gasteiger partial charge in [0.25, 0.3) is 0 Å². The van der Waals surface area contributed by atoms with Crippen LogP contribution in [0.15, 0.2) is 29.2 Å². The van der Waals surface area contributed by atoms with Gasteiger partial charge in [0, 0.05) is 24.7 Å². The highest BCUT2D eigenvalue weighted by Gasteiger charge is 2.41. The Morgan fingerprint density at radius 1 is 1.00 bits per heavy atom. The van der Waals surface area contributed by atoms with Crippen molar-refractivity contribution >= 4 is 27.5 Å². The molecule has 0 N–H and O–H groups in total. The Kier molecular flexibility index (Phi) is 4.94. The molecule has 7 heteroatoms. The molecule has 0 saturated carbocycles. The van der Waals surface area contributed by atoms with Crippen LogP contribution in [0.5, 0.6) is 0 Å². The third kappa shape index (κ3) is 3.39. The summed E-state index contributed by atoms with van der Waals surface area (Å²) in [5.74, 6) is -0.0419. The average Bonchev–Trinajstić information content (AvgIpc) is 3.06. The van der Waals surface area contributed by atoms with E-state index in [2.05, 4.69) is 0 Å². The van der Waals surface area contributed by atoms with Crippen LogP contribution >= 0.6 is 11.6 Å². The van der Waals surface area contributed by atoms with E-state index in [1.165, 1.54) is 16.4 Å². The van der Waals surface area contributed by atoms with Crippen molar-refractivity contribution in [3.63, 3.8) is 0 Å². The van der Waals surface area contributed by atoms with E-state index in [-0.39, 0.29) is 10.8 Å². The Morgan fingerprint density at radius 2 is 1.65 bits per heavy atom. The molecular weight excluding hydrogens is 336 g/mol. The van der Waals surface area contributed by atoms with E-state index in [9.17, 15) is 13.2 Å². The van der Waals surface area contributed by atoms with Gasteiger partial charge < -0.3 is 4.90 Å². The van der Waals surface area contributed by atoms with Crippen molar-refractivity contribution in [3.05, 3.63) is 29.3 Å². The number of hydrogen-bond donors (Lipinski definition) is 0. The summed E-state index contributed by atoms with van der Waals surface area (Å²) in [6.45, 7) is 1.88. The number of sulfonamides is 1. The summed E-state index contributed by atoms with van der Waals surface area (Å²) in [6.07, 6.45) is 4.46. The van der Waals surface area contributed by atoms with E-state index in [1.54, 1.807) is 12.1 Å². The lowest BCUT2D eigenvalue weighted by Gasteiger charge is -2.32. The Morgan fingerprint density at radius 3 is 2.30 bits per heavy atom. The number of rotatable bonds is 3. The number of amides is 1. The van der Waals surface area contributed by atoms with Crippen LogP contribution in [0.4, 0.5) is 0 Å². The fourth-order valence-corrected chi connectivity index (χ4v) is 5.12. The van der Waals surface area contributed by atoms with Gasteiger partial charge in [0.15, 0.2) is 0 Å². The van der Waals surface area contributed by atoms with E-state index < -0.39 is 16.1 Å². The second kappa shape index (κ2) is 6.79. The number of hydrogen-bond acceptors (Lipinski definition) is 3. The maximum atomic E-state index is 12.9. The highest BCUT2D eigenvalue weighted by Crippen LogP contribution is 2.28. The van der Waals surface area contributed by atoms with Crippen LogP contribution in [-0.2, 0) is 14.8 Å². The molecule has 3 rings (SSSR count). The van der Waals surface area contributed by atoms with Gasteiger partial charge in [-0.1, -0.05) is 11.6 Å². The third-order valence-corrected chi connectivity index (χ3v) is 6.75. The minimum atomic E-state index is -3.66. The minimum absolute atomic E-state index is 0.0419. The first kappa shape index (κ1) is 16.7. The van der Waals surface area contributed by atoms with E-state index in [4.69, 9.17) is 11.6 Å². The van der Waals surface area contributed by atoms with Crippen molar-refractivity contribution in [3.8, 4) is 0 Å². The lowest BCUT2D eigenvalue weighted by Crippen LogP contribution is -2.49. The van der Waals surface area contributed by atoms with Crippen molar-refractivity contribution in [1.29, 1.82) is 0 Å². The molecular formula is C16H21ClN2O3S. The smallest absolute Gasteiger partial charge is 0.243 e. The third-order valence-electron chi connectivity index (χ3n) is 4.58. The number of halogens is 1. The molecule has 0 bridgehead atoms. The summed E-state index contributed by atoms with van der Waals surface area (Å²) < 4.78 is 27.1. The minimum Gasteiger partial charge on any atom is -0.341 e. The van der Waals surface area contributed by atoms with Gasteiger partial charge in [0.1, 0.15) is 6.04 Å². The van der Waals surface area contributed by atoms with Gasteiger partial charge in [-0.15, -0.1) is 0 Å². The van der Waals surface area contributed by atoms with Crippen LogP contribution in [0.25, 0.3) is 0 Å². The number of nitrogens with zero attached hydrogens (tertiary/aromatic N) is 2. The van der Waals surface area contributed by atoms with Gasteiger partial charge >= 0.3 is 0 Å². The van der Waals surface area contributed by atoms with E-state index in [1.807, 2.05) is 4.90 Å². The lowest BCUT2D eigenvalue weighted by molar-refractivity contribution is -0.135. The molecule has 23 heavy (non-hydrogen) atoms. The van der Waals surface area contributed by atoms with Crippen LogP contribution < -0.4 is 0 Å². The molecule has 1 amide bonds. The summed E-state index contributed by atoms with van der Waals surface area (Å²) in [4.78, 5) is 14.8. The Bertz CT molecular complexity index is 669. The zero-order valence-electron chi connectivity index (χ0n) is 12.9. The van der Waals surface area contributed by atoms with Crippen molar-refractivity contribution in [2.24, 2.45) is 0 Å². The molecule has 2 aliphatic heterocycles. The number of benzene rings is 1. The van der Waals surface area contributed by atoms with Gasteiger partial charge in [0.2, 0.25) is 15.9 Å². The van der Waals surface area contributed by atoms with Crippen LogP contribution in [0, 0.1) is 0 Å². The molecule has 2 heterocycles. The topological polar surface area (TPSA) is 57.7 Å². The zero-order valence-corrected chi connectivity index (χ0v) is 14.5. The Hall–Kier alpha value is -1.11. The van der Waals surface area contributed by atoms with Crippen molar-refractivity contribution in [1.82, 2.24) is 9.21 Å². The fraction of sp³-hybridized carbons (Fsp3) is 0.562. The quantitative estimate of drug-likeness (QED) is 0.836. The first-order valence-electron chi connectivity index (χ1n) is 8.06. The molecule has 126 valence electrons. The summed E-state index contributed by atoms with van der Waals surface area (Å²) in [5, 5.41) is 0.492. The van der Waals surface area contributed by atoms with Crippen LogP contribution in [-0.4, -0.2) is 49.2 Å². The largest absolute Gasteiger partial charge is 0.341 e. The molecule has 2 fully saturated rings. The van der Waals surface area contributed by atoms with Gasteiger partial charge in [-0.05, 0) is 56.4 Å². The molecule has 0 radical (unpaired) electrons. The average molecular weight is 357 g/mol. The van der Waals surface area contributed by atoms with Gasteiger partial charge in [-0.2, -0.15) is 4.31 Å². The first-order valence-corrected chi connectivity index (χ1v) is 9.88. The predicted molar refractivity (Wildman–Crippen MR) is 88.8 cm³/mol. The molecule has 0 aliphatic carbocycles. The maximum absolute atomic E-state index is 12.9. The molecule has 2 aliphatic rings. The number of carbonyl (C=O) groups is 1. The molecule has 5 nitrogen and oxygen atoms in total. The monoisotopic (exact) mass is 356 g/mol. The van der Waals surface area contributed by atoms with E-state index in [0.717, 1.165) is 38.8 Å². The summed E-state index contributed by atoms with van der Waals surface area (Å²) in [6, 6.07) is 5.56. The normalized spacial score (nSPS) is 23.2. The number of carbonyl (C=O) groups excluding carboxylic acids is 1. The van der Waals surface area contributed by atoms with Crippen LogP contribution in [0.3, 0.4) is 0 Å². The summed E-state index contributed by atoms with van der Waals surface area (Å²) >= 11 is 5.83. The fourth-order valence-electron chi connectivity index (χ4n) is 3.34. The molecule has 1 aromatic rings. The predicted octanol–water partition coefficient (Wildman–Crippen LogP) is 2.51. The number of likely N-dealkylation sites (tertiary alicyclic amines) is 1. The second-order valence-electron chi connectivity index (χ2n) is 6.11. The van der Waals surface area contributed by atoms with E-state index >= 15 is 0 Å². The Balaban J connectivity index is 1.82. The maximum Gasteiger partial charge on any atom is 0.243 e. The molecule has 1 atom stereocenters. The summed E-state index contributed by atoms with van der Waals surface area (Å²) in [7, 11) is -3.66. The zero-order chi connectivity index (χ0) is 16.4. The van der Waals surface area contributed by atoms with Crippen molar-refractivity contribution in [2.45, 2.75) is 43.0 Å². The van der Waals surface area contributed by atoms with Crippen molar-refractivity contribution in [2.75, 3.05) is 19.6 Å². The van der Waals surface area contributed by atoms with E-state index in [0.29, 0.717) is 18.0 Å². The highest BCUT2D eigenvalue weighted by atomic mass is 35.5. The molecule has 0 aromatic heterocycles. The first-order chi connectivity index (χ1) is 11.0. The van der Waals surface area contributed by atoms with Gasteiger partial charge in [0.05, 0.1) is 4.90 Å². The van der Waals surface area contributed by atoms with Gasteiger partial charge in [-0.25, -0.2) is 8.42 Å². The van der Waals surface area contributed by atoms with Crippen molar-refractivity contribution < 1.29 is 13.2 Å².